The van der Waals surface area contributed by atoms with Crippen molar-refractivity contribution in [1.82, 2.24) is 9.55 Å². The lowest BCUT2D eigenvalue weighted by Gasteiger charge is -2.34. The minimum atomic E-state index is -0.954. The van der Waals surface area contributed by atoms with E-state index in [0.717, 1.165) is 18.4 Å². The monoisotopic (exact) mass is 295 g/mol. The van der Waals surface area contributed by atoms with Gasteiger partial charge in [0.25, 0.3) is 0 Å². The molecule has 1 atom stereocenters. The first kappa shape index (κ1) is 14.8. The molecule has 22 heavy (non-hydrogen) atoms. The lowest BCUT2D eigenvalue weighted by Crippen LogP contribution is -2.37. The number of hydrogen-bond acceptors (Lipinski definition) is 3. The Hall–Kier alpha value is -2.12. The SMILES string of the molecule is N#CC(Cn1ccnc1)(OC1CCCCC1)c1ccccc1. The molecule has 1 aliphatic carbocycles. The molecule has 114 valence electrons. The molecule has 4 heteroatoms. The Labute approximate surface area is 131 Å². The van der Waals surface area contributed by atoms with Crippen LogP contribution >= 0.6 is 0 Å². The van der Waals surface area contributed by atoms with Gasteiger partial charge in [-0.2, -0.15) is 5.26 Å². The van der Waals surface area contributed by atoms with Crippen molar-refractivity contribution in [2.75, 3.05) is 0 Å². The lowest BCUT2D eigenvalue weighted by atomic mass is 9.92. The summed E-state index contributed by atoms with van der Waals surface area (Å²) in [4.78, 5) is 4.08. The Morgan fingerprint density at radius 2 is 2.00 bits per heavy atom. The number of benzene rings is 1. The molecule has 0 saturated heterocycles. The predicted molar refractivity (Wildman–Crippen MR) is 83.9 cm³/mol. The van der Waals surface area contributed by atoms with Gasteiger partial charge in [-0.1, -0.05) is 49.6 Å². The van der Waals surface area contributed by atoms with Gasteiger partial charge in [0.05, 0.1) is 19.0 Å². The highest BCUT2D eigenvalue weighted by Crippen LogP contribution is 2.33. The third-order valence-electron chi connectivity index (χ3n) is 4.31. The van der Waals surface area contributed by atoms with Crippen LogP contribution in [0.1, 0.15) is 37.7 Å². The van der Waals surface area contributed by atoms with Crippen LogP contribution in [0.2, 0.25) is 0 Å². The van der Waals surface area contributed by atoms with E-state index in [4.69, 9.17) is 4.74 Å². The van der Waals surface area contributed by atoms with E-state index in [9.17, 15) is 5.26 Å². The molecule has 0 N–H and O–H groups in total. The number of ether oxygens (including phenoxy) is 1. The zero-order chi connectivity index (χ0) is 15.3. The van der Waals surface area contributed by atoms with Crippen molar-refractivity contribution in [3.8, 4) is 6.07 Å². The van der Waals surface area contributed by atoms with Gasteiger partial charge in [0.2, 0.25) is 0 Å². The van der Waals surface area contributed by atoms with E-state index < -0.39 is 5.60 Å². The molecular formula is C18H21N3O. The average Bonchev–Trinajstić information content (AvgIpc) is 3.09. The van der Waals surface area contributed by atoms with Gasteiger partial charge in [0.1, 0.15) is 6.07 Å². The van der Waals surface area contributed by atoms with Crippen molar-refractivity contribution in [2.45, 2.75) is 50.4 Å². The smallest absolute Gasteiger partial charge is 0.197 e. The fraction of sp³-hybridized carbons (Fsp3) is 0.444. The molecule has 0 bridgehead atoms. The van der Waals surface area contributed by atoms with Crippen LogP contribution in [0.15, 0.2) is 49.1 Å². The zero-order valence-electron chi connectivity index (χ0n) is 12.7. The molecule has 0 amide bonds. The summed E-state index contributed by atoms with van der Waals surface area (Å²) < 4.78 is 8.29. The maximum atomic E-state index is 9.95. The van der Waals surface area contributed by atoms with Crippen molar-refractivity contribution in [3.05, 3.63) is 54.6 Å². The first-order valence-corrected chi connectivity index (χ1v) is 7.93. The van der Waals surface area contributed by atoms with E-state index in [1.54, 1.807) is 12.5 Å². The van der Waals surface area contributed by atoms with Crippen LogP contribution in [0.25, 0.3) is 0 Å². The van der Waals surface area contributed by atoms with Crippen LogP contribution in [0.5, 0.6) is 0 Å². The number of nitriles is 1. The molecule has 1 fully saturated rings. The maximum absolute atomic E-state index is 9.95. The molecule has 1 aliphatic rings. The fourth-order valence-electron chi connectivity index (χ4n) is 3.14. The van der Waals surface area contributed by atoms with Crippen LogP contribution in [0, 0.1) is 11.3 Å². The van der Waals surface area contributed by atoms with E-state index in [2.05, 4.69) is 11.1 Å². The average molecular weight is 295 g/mol. The van der Waals surface area contributed by atoms with Crippen LogP contribution in [-0.2, 0) is 16.9 Å². The third kappa shape index (κ3) is 3.20. The summed E-state index contributed by atoms with van der Waals surface area (Å²) in [6.45, 7) is 0.462. The molecular weight excluding hydrogens is 274 g/mol. The van der Waals surface area contributed by atoms with E-state index >= 15 is 0 Å². The second-order valence-corrected chi connectivity index (χ2v) is 5.92. The predicted octanol–water partition coefficient (Wildman–Crippen LogP) is 3.65. The molecule has 2 aromatic rings. The second kappa shape index (κ2) is 6.76. The van der Waals surface area contributed by atoms with Gasteiger partial charge >= 0.3 is 0 Å². The summed E-state index contributed by atoms with van der Waals surface area (Å²) in [5.74, 6) is 0. The Balaban J connectivity index is 1.90. The molecule has 0 radical (unpaired) electrons. The second-order valence-electron chi connectivity index (χ2n) is 5.92. The van der Waals surface area contributed by atoms with E-state index in [1.807, 2.05) is 41.1 Å². The van der Waals surface area contributed by atoms with Crippen molar-refractivity contribution in [3.63, 3.8) is 0 Å². The van der Waals surface area contributed by atoms with E-state index in [1.165, 1.54) is 19.3 Å². The van der Waals surface area contributed by atoms with Gasteiger partial charge in [0.15, 0.2) is 5.60 Å². The highest BCUT2D eigenvalue weighted by molar-refractivity contribution is 5.29. The molecule has 1 unspecified atom stereocenters. The van der Waals surface area contributed by atoms with Crippen LogP contribution in [-0.4, -0.2) is 15.7 Å². The number of nitrogens with zero attached hydrogens (tertiary/aromatic N) is 3. The van der Waals surface area contributed by atoms with Gasteiger partial charge in [-0.25, -0.2) is 4.98 Å². The quantitative estimate of drug-likeness (QED) is 0.846. The minimum Gasteiger partial charge on any atom is -0.351 e. The number of rotatable bonds is 5. The highest BCUT2D eigenvalue weighted by atomic mass is 16.5. The first-order chi connectivity index (χ1) is 10.8. The van der Waals surface area contributed by atoms with Crippen LogP contribution < -0.4 is 0 Å². The summed E-state index contributed by atoms with van der Waals surface area (Å²) >= 11 is 0. The standard InChI is InChI=1S/C18H21N3O/c19-13-18(14-21-12-11-20-15-21,16-7-3-1-4-8-16)22-17-9-5-2-6-10-17/h1,3-4,7-8,11-12,15,17H,2,5-6,9-10,14H2. The zero-order valence-corrected chi connectivity index (χ0v) is 12.7. The Morgan fingerprint density at radius 1 is 1.23 bits per heavy atom. The van der Waals surface area contributed by atoms with Gasteiger partial charge in [-0.15, -0.1) is 0 Å². The van der Waals surface area contributed by atoms with Crippen molar-refractivity contribution in [1.29, 1.82) is 5.26 Å². The van der Waals surface area contributed by atoms with Gasteiger partial charge in [-0.05, 0) is 18.4 Å². The number of hydrogen-bond donors (Lipinski definition) is 0. The highest BCUT2D eigenvalue weighted by Gasteiger charge is 2.37. The third-order valence-corrected chi connectivity index (χ3v) is 4.31. The molecule has 0 spiro atoms. The summed E-state index contributed by atoms with van der Waals surface area (Å²) in [5, 5.41) is 9.95. The minimum absolute atomic E-state index is 0.164. The molecule has 4 nitrogen and oxygen atoms in total. The normalized spacial score (nSPS) is 18.5. The van der Waals surface area contributed by atoms with Crippen LogP contribution in [0.4, 0.5) is 0 Å². The first-order valence-electron chi connectivity index (χ1n) is 7.93. The summed E-state index contributed by atoms with van der Waals surface area (Å²) in [6, 6.07) is 12.3. The lowest BCUT2D eigenvalue weighted by molar-refractivity contribution is -0.0853. The number of aromatic nitrogens is 2. The fourth-order valence-corrected chi connectivity index (χ4v) is 3.14. The van der Waals surface area contributed by atoms with Gasteiger partial charge < -0.3 is 9.30 Å². The summed E-state index contributed by atoms with van der Waals surface area (Å²) in [5.41, 5.74) is -0.0407. The maximum Gasteiger partial charge on any atom is 0.197 e. The number of imidazole rings is 1. The largest absolute Gasteiger partial charge is 0.351 e. The van der Waals surface area contributed by atoms with Crippen LogP contribution in [0.3, 0.4) is 0 Å². The van der Waals surface area contributed by atoms with E-state index in [-0.39, 0.29) is 6.10 Å². The molecule has 3 rings (SSSR count). The Kier molecular flexibility index (Phi) is 4.55. The molecule has 0 aliphatic heterocycles. The van der Waals surface area contributed by atoms with Crippen molar-refractivity contribution in [2.24, 2.45) is 0 Å². The van der Waals surface area contributed by atoms with Gasteiger partial charge in [0, 0.05) is 12.4 Å². The Morgan fingerprint density at radius 3 is 2.64 bits per heavy atom. The Bertz CT molecular complexity index is 612. The molecule has 1 heterocycles. The van der Waals surface area contributed by atoms with Gasteiger partial charge in [-0.3, -0.25) is 0 Å². The topological polar surface area (TPSA) is 50.8 Å². The molecule has 1 aromatic heterocycles. The molecule has 1 saturated carbocycles. The van der Waals surface area contributed by atoms with Crippen molar-refractivity contribution < 1.29 is 4.74 Å². The summed E-state index contributed by atoms with van der Waals surface area (Å²) in [6.07, 6.45) is 11.2. The van der Waals surface area contributed by atoms with Crippen molar-refractivity contribution >= 4 is 0 Å². The summed E-state index contributed by atoms with van der Waals surface area (Å²) in [7, 11) is 0. The van der Waals surface area contributed by atoms with E-state index in [0.29, 0.717) is 6.54 Å². The molecule has 1 aromatic carbocycles.